The second-order valence-electron chi connectivity index (χ2n) is 11.9. The Kier molecular flexibility index (Phi) is 8.65. The van der Waals surface area contributed by atoms with E-state index >= 15 is 0 Å². The number of rotatable bonds is 8. The molecule has 248 valence electrons. The van der Waals surface area contributed by atoms with Crippen LogP contribution >= 0.6 is 0 Å². The molecule has 0 saturated carbocycles. The summed E-state index contributed by atoms with van der Waals surface area (Å²) >= 11 is 0. The van der Waals surface area contributed by atoms with E-state index in [2.05, 4.69) is 5.32 Å². The molecule has 1 amide bonds. The Morgan fingerprint density at radius 2 is 1.45 bits per heavy atom. The minimum Gasteiger partial charge on any atom is -0.480 e. The van der Waals surface area contributed by atoms with Crippen molar-refractivity contribution in [1.29, 1.82) is 0 Å². The van der Waals surface area contributed by atoms with Gasteiger partial charge in [0, 0.05) is 23.9 Å². The van der Waals surface area contributed by atoms with Crippen LogP contribution in [0.5, 0.6) is 0 Å². The van der Waals surface area contributed by atoms with E-state index in [4.69, 9.17) is 9.47 Å². The molecule has 0 unspecified atom stereocenters. The number of aromatic nitrogens is 1. The minimum atomic E-state index is -4.63. The normalized spacial score (nSPS) is 13.9. The summed E-state index contributed by atoms with van der Waals surface area (Å²) < 4.78 is 78.7. The van der Waals surface area contributed by atoms with Crippen LogP contribution in [0.25, 0.3) is 22.0 Å². The van der Waals surface area contributed by atoms with Crippen molar-refractivity contribution in [2.24, 2.45) is 0 Å². The number of para-hydroxylation sites is 1. The number of nitrogens with zero attached hydrogens (tertiary/aromatic N) is 1. The third kappa shape index (κ3) is 7.15. The van der Waals surface area contributed by atoms with E-state index in [1.54, 1.807) is 45.0 Å². The molecule has 4 aromatic rings. The Hall–Kier alpha value is -4.77. The Balaban J connectivity index is 1.39. The summed E-state index contributed by atoms with van der Waals surface area (Å²) in [5.41, 5.74) is 1.59. The molecular formula is C31H30N2O12S2. The maximum Gasteiger partial charge on any atom is 0.419 e. The average molecular weight is 687 g/mol. The summed E-state index contributed by atoms with van der Waals surface area (Å²) in [5, 5.41) is 12.8. The molecule has 4 N–H and O–H groups in total. The average Bonchev–Trinajstić information content (AvgIpc) is 3.49. The van der Waals surface area contributed by atoms with Crippen LogP contribution in [0, 0.1) is 0 Å². The lowest BCUT2D eigenvalue weighted by atomic mass is 9.98. The van der Waals surface area contributed by atoms with Crippen molar-refractivity contribution in [3.05, 3.63) is 83.6 Å². The fourth-order valence-corrected chi connectivity index (χ4v) is 6.49. The first-order valence-corrected chi connectivity index (χ1v) is 16.9. The highest BCUT2D eigenvalue weighted by Crippen LogP contribution is 2.46. The molecule has 0 fully saturated rings. The van der Waals surface area contributed by atoms with Crippen molar-refractivity contribution >= 4 is 49.3 Å². The molecular weight excluding hydrogens is 656 g/mol. The molecule has 3 aromatic carbocycles. The van der Waals surface area contributed by atoms with E-state index < -0.39 is 72.4 Å². The first-order valence-electron chi connectivity index (χ1n) is 14.0. The largest absolute Gasteiger partial charge is 0.480 e. The highest BCUT2D eigenvalue weighted by Gasteiger charge is 2.33. The molecule has 0 spiro atoms. The van der Waals surface area contributed by atoms with Gasteiger partial charge in [0.2, 0.25) is 0 Å². The number of aliphatic carboxylic acids is 1. The number of fused-ring (bicyclic) bond motifs is 4. The zero-order valence-electron chi connectivity index (χ0n) is 25.2. The summed E-state index contributed by atoms with van der Waals surface area (Å²) in [6, 6.07) is 12.7. The molecule has 1 aliphatic rings. The lowest BCUT2D eigenvalue weighted by Gasteiger charge is -2.19. The van der Waals surface area contributed by atoms with Gasteiger partial charge in [0.05, 0.1) is 15.3 Å². The molecule has 1 aromatic heterocycles. The van der Waals surface area contributed by atoms with Gasteiger partial charge >= 0.3 is 18.2 Å². The zero-order valence-corrected chi connectivity index (χ0v) is 26.8. The summed E-state index contributed by atoms with van der Waals surface area (Å²) in [6.45, 7) is 4.62. The fourth-order valence-electron chi connectivity index (χ4n) is 5.45. The van der Waals surface area contributed by atoms with Crippen LogP contribution in [-0.2, 0) is 40.9 Å². The molecule has 1 aliphatic carbocycles. The van der Waals surface area contributed by atoms with Crippen molar-refractivity contribution in [2.45, 2.75) is 54.5 Å². The summed E-state index contributed by atoms with van der Waals surface area (Å²) in [7, 11) is -9.27. The summed E-state index contributed by atoms with van der Waals surface area (Å²) in [4.78, 5) is 37.1. The smallest absolute Gasteiger partial charge is 0.419 e. The van der Waals surface area contributed by atoms with Crippen LogP contribution in [0.2, 0.25) is 0 Å². The number of carboxylic acid groups (broad SMARTS) is 1. The van der Waals surface area contributed by atoms with Gasteiger partial charge in [-0.2, -0.15) is 16.8 Å². The maximum absolute atomic E-state index is 13.0. The predicted molar refractivity (Wildman–Crippen MR) is 167 cm³/mol. The van der Waals surface area contributed by atoms with Gasteiger partial charge in [-0.1, -0.05) is 30.3 Å². The van der Waals surface area contributed by atoms with Gasteiger partial charge in [-0.25, -0.2) is 14.4 Å². The third-order valence-corrected chi connectivity index (χ3v) is 9.16. The lowest BCUT2D eigenvalue weighted by molar-refractivity contribution is -0.139. The highest BCUT2D eigenvalue weighted by atomic mass is 32.2. The molecule has 47 heavy (non-hydrogen) atoms. The summed E-state index contributed by atoms with van der Waals surface area (Å²) in [6.07, 6.45) is -0.635. The van der Waals surface area contributed by atoms with E-state index in [9.17, 15) is 45.4 Å². The molecule has 0 saturated heterocycles. The van der Waals surface area contributed by atoms with E-state index in [-0.39, 0.29) is 17.5 Å². The molecule has 0 aliphatic heterocycles. The number of alkyl carbamates (subject to hydrolysis) is 1. The van der Waals surface area contributed by atoms with Gasteiger partial charge in [0.1, 0.15) is 18.2 Å². The van der Waals surface area contributed by atoms with Crippen LogP contribution in [0.4, 0.5) is 9.59 Å². The molecule has 14 nitrogen and oxygen atoms in total. The Bertz CT molecular complexity index is 2070. The monoisotopic (exact) mass is 686 g/mol. The molecule has 5 rings (SSSR count). The van der Waals surface area contributed by atoms with Gasteiger partial charge in [0.15, 0.2) is 0 Å². The van der Waals surface area contributed by atoms with E-state index in [1.165, 1.54) is 22.9 Å². The quantitative estimate of drug-likeness (QED) is 0.189. The van der Waals surface area contributed by atoms with Gasteiger partial charge in [-0.05, 0) is 78.9 Å². The van der Waals surface area contributed by atoms with Crippen molar-refractivity contribution in [3.8, 4) is 11.1 Å². The first kappa shape index (κ1) is 33.6. The van der Waals surface area contributed by atoms with E-state index in [0.717, 1.165) is 24.3 Å². The SMILES string of the molecule is CC(C)(C)OC(=O)n1cc(C[C@H](NC(=O)OCC2c3cc(S(=O)(=O)O)ccc3-c3ccc(S(=O)(=O)O)cc32)C(=O)O)c2ccccc21. The second kappa shape index (κ2) is 12.1. The maximum atomic E-state index is 13.0. The number of hydrogen-bond acceptors (Lipinski definition) is 9. The standard InChI is InChI=1S/C31H30N2O12S2/c1-31(2,3)45-30(37)33-15-17(20-6-4-5-7-27(20)33)12-26(28(34)35)32-29(36)44-16-25-23-13-18(46(38,39)40)8-10-21(23)22-11-9-19(14-24(22)25)47(41,42)43/h4-11,13-15,25-26H,12,16H2,1-3H3,(H,32,36)(H,34,35)(H,38,39,40)(H,41,42,43)/t26-/m0/s1. The van der Waals surface area contributed by atoms with Gasteiger partial charge in [0.25, 0.3) is 20.2 Å². The molecule has 0 bridgehead atoms. The van der Waals surface area contributed by atoms with Crippen LogP contribution in [0.3, 0.4) is 0 Å². The predicted octanol–water partition coefficient (Wildman–Crippen LogP) is 4.45. The first-order chi connectivity index (χ1) is 21.8. The number of carbonyl (C=O) groups is 3. The number of benzene rings is 3. The van der Waals surface area contributed by atoms with Crippen LogP contribution in [0.15, 0.2) is 76.7 Å². The zero-order chi connectivity index (χ0) is 34.5. The van der Waals surface area contributed by atoms with Crippen molar-refractivity contribution < 1.29 is 54.9 Å². The highest BCUT2D eigenvalue weighted by molar-refractivity contribution is 7.86. The number of nitrogens with one attached hydrogen (secondary N) is 1. The second-order valence-corrected chi connectivity index (χ2v) is 14.7. The Morgan fingerprint density at radius 1 is 0.894 bits per heavy atom. The number of carbonyl (C=O) groups excluding carboxylic acids is 2. The molecule has 0 radical (unpaired) electrons. The third-order valence-electron chi connectivity index (χ3n) is 7.46. The Morgan fingerprint density at radius 3 is 1.96 bits per heavy atom. The van der Waals surface area contributed by atoms with Crippen molar-refractivity contribution in [2.75, 3.05) is 6.61 Å². The van der Waals surface area contributed by atoms with E-state index in [0.29, 0.717) is 27.6 Å². The molecule has 16 heteroatoms. The number of ether oxygens (including phenoxy) is 2. The van der Waals surface area contributed by atoms with Crippen LogP contribution in [0.1, 0.15) is 43.4 Å². The lowest BCUT2D eigenvalue weighted by Crippen LogP contribution is -2.42. The fraction of sp³-hybridized carbons (Fsp3) is 0.258. The molecule has 1 atom stereocenters. The number of carboxylic acids is 1. The summed E-state index contributed by atoms with van der Waals surface area (Å²) in [5.74, 6) is -2.35. The van der Waals surface area contributed by atoms with Gasteiger partial charge in [-0.3, -0.25) is 13.7 Å². The topological polar surface area (TPSA) is 216 Å². The molecule has 1 heterocycles. The number of hydrogen-bond donors (Lipinski definition) is 4. The Labute approximate surface area is 269 Å². The van der Waals surface area contributed by atoms with Crippen LogP contribution in [-0.4, -0.2) is 72.0 Å². The van der Waals surface area contributed by atoms with Crippen molar-refractivity contribution in [3.63, 3.8) is 0 Å². The van der Waals surface area contributed by atoms with Gasteiger partial charge in [-0.15, -0.1) is 0 Å². The minimum absolute atomic E-state index is 0.245. The number of amides is 1. The van der Waals surface area contributed by atoms with Crippen molar-refractivity contribution in [1.82, 2.24) is 9.88 Å². The van der Waals surface area contributed by atoms with E-state index in [1.807, 2.05) is 0 Å². The van der Waals surface area contributed by atoms with Gasteiger partial charge < -0.3 is 19.9 Å². The van der Waals surface area contributed by atoms with Crippen LogP contribution < -0.4 is 5.32 Å².